The summed E-state index contributed by atoms with van der Waals surface area (Å²) in [5.74, 6) is 0.241. The number of hydrogen-bond donors (Lipinski definition) is 1. The Morgan fingerprint density at radius 3 is 2.94 bits per heavy atom. The monoisotopic (exact) mass is 421 g/mol. The summed E-state index contributed by atoms with van der Waals surface area (Å²) in [7, 11) is 0. The van der Waals surface area contributed by atoms with E-state index in [0.29, 0.717) is 23.7 Å². The Kier molecular flexibility index (Phi) is 4.21. The Hall–Kier alpha value is -3.07. The van der Waals surface area contributed by atoms with Crippen molar-refractivity contribution in [3.05, 3.63) is 53.4 Å². The molecule has 2 atom stereocenters. The predicted molar refractivity (Wildman–Crippen MR) is 112 cm³/mol. The van der Waals surface area contributed by atoms with E-state index in [0.717, 1.165) is 49.3 Å². The molecule has 5 heterocycles. The zero-order valence-corrected chi connectivity index (χ0v) is 17.3. The van der Waals surface area contributed by atoms with Gasteiger partial charge >= 0.3 is 0 Å². The van der Waals surface area contributed by atoms with Crippen LogP contribution in [0, 0.1) is 5.82 Å². The number of amides is 1. The zero-order valence-electron chi connectivity index (χ0n) is 17.3. The van der Waals surface area contributed by atoms with Gasteiger partial charge in [-0.05, 0) is 50.3 Å². The highest BCUT2D eigenvalue weighted by atomic mass is 19.1. The fourth-order valence-corrected chi connectivity index (χ4v) is 4.96. The Balaban J connectivity index is 1.53. The summed E-state index contributed by atoms with van der Waals surface area (Å²) in [6.45, 7) is 2.91. The van der Waals surface area contributed by atoms with Crippen molar-refractivity contribution in [1.29, 1.82) is 0 Å². The average molecular weight is 421 g/mol. The third kappa shape index (κ3) is 3.15. The van der Waals surface area contributed by atoms with Gasteiger partial charge in [0.2, 0.25) is 0 Å². The van der Waals surface area contributed by atoms with Crippen LogP contribution in [0.25, 0.3) is 5.65 Å². The molecule has 3 aromatic heterocycles. The first-order valence-electron chi connectivity index (χ1n) is 10.9. The Morgan fingerprint density at radius 1 is 1.23 bits per heavy atom. The summed E-state index contributed by atoms with van der Waals surface area (Å²) in [5.41, 5.74) is 5.88. The number of fused-ring (bicyclic) bond motifs is 5. The van der Waals surface area contributed by atoms with Gasteiger partial charge in [-0.3, -0.25) is 15.2 Å². The molecule has 1 amide bonds. The van der Waals surface area contributed by atoms with E-state index in [1.807, 2.05) is 17.3 Å². The molecule has 31 heavy (non-hydrogen) atoms. The molecular formula is C22H24FN7O. The highest BCUT2D eigenvalue weighted by Crippen LogP contribution is 2.38. The maximum Gasteiger partial charge on any atom is 0.271 e. The lowest BCUT2D eigenvalue weighted by atomic mass is 9.98. The number of carbonyl (C=O) groups is 1. The predicted octanol–water partition coefficient (Wildman–Crippen LogP) is 2.66. The minimum atomic E-state index is -0.323. The molecule has 2 bridgehead atoms. The van der Waals surface area contributed by atoms with Crippen molar-refractivity contribution in [1.82, 2.24) is 30.0 Å². The third-order valence-electron chi connectivity index (χ3n) is 6.61. The van der Waals surface area contributed by atoms with Gasteiger partial charge in [-0.2, -0.15) is 5.10 Å². The van der Waals surface area contributed by atoms with Crippen molar-refractivity contribution in [2.45, 2.75) is 57.2 Å². The summed E-state index contributed by atoms with van der Waals surface area (Å²) in [6.07, 6.45) is 9.32. The Morgan fingerprint density at radius 2 is 2.10 bits per heavy atom. The second-order valence-corrected chi connectivity index (χ2v) is 8.79. The van der Waals surface area contributed by atoms with Crippen LogP contribution in [0.4, 0.5) is 10.2 Å². The number of hydrogen-bond acceptors (Lipinski definition) is 6. The van der Waals surface area contributed by atoms with Crippen LogP contribution >= 0.6 is 0 Å². The average Bonchev–Trinajstić information content (AvgIpc) is 3.32. The lowest BCUT2D eigenvalue weighted by molar-refractivity contribution is 0.0676. The van der Waals surface area contributed by atoms with Crippen molar-refractivity contribution < 1.29 is 9.18 Å². The summed E-state index contributed by atoms with van der Waals surface area (Å²) < 4.78 is 15.9. The largest absolute Gasteiger partial charge is 0.349 e. The smallest absolute Gasteiger partial charge is 0.271 e. The molecule has 1 N–H and O–H groups in total. The molecule has 2 aliphatic heterocycles. The van der Waals surface area contributed by atoms with E-state index in [1.165, 1.54) is 6.20 Å². The lowest BCUT2D eigenvalue weighted by Gasteiger charge is -2.31. The number of anilines is 1. The lowest BCUT2D eigenvalue weighted by Crippen LogP contribution is -2.49. The van der Waals surface area contributed by atoms with Gasteiger partial charge in [-0.1, -0.05) is 0 Å². The molecule has 2 fully saturated rings. The SMILES string of the molecule is C[C@@H]1Cc2ncc(F)cc2[C@H]2CCCN2c2ccn3ncc(c3n2)C(=O)NN1C1CC1. The van der Waals surface area contributed by atoms with Crippen LogP contribution in [-0.4, -0.2) is 49.1 Å². The van der Waals surface area contributed by atoms with Gasteiger partial charge in [0.25, 0.3) is 5.91 Å². The molecule has 6 rings (SSSR count). The van der Waals surface area contributed by atoms with Gasteiger partial charge in [-0.25, -0.2) is 18.9 Å². The highest BCUT2D eigenvalue weighted by Gasteiger charge is 2.36. The second kappa shape index (κ2) is 6.98. The molecule has 3 aromatic rings. The molecule has 0 spiro atoms. The number of nitrogens with zero attached hydrogens (tertiary/aromatic N) is 6. The fourth-order valence-electron chi connectivity index (χ4n) is 4.96. The first-order chi connectivity index (χ1) is 15.1. The Labute approximate surface area is 179 Å². The number of hydrazine groups is 1. The Bertz CT molecular complexity index is 1170. The zero-order chi connectivity index (χ0) is 21.1. The molecule has 3 aliphatic rings. The molecular weight excluding hydrogens is 397 g/mol. The van der Waals surface area contributed by atoms with Gasteiger partial charge in [0.05, 0.1) is 18.4 Å². The van der Waals surface area contributed by atoms with Gasteiger partial charge < -0.3 is 4.90 Å². The molecule has 8 nitrogen and oxygen atoms in total. The summed E-state index contributed by atoms with van der Waals surface area (Å²) >= 11 is 0. The van der Waals surface area contributed by atoms with E-state index in [-0.39, 0.29) is 23.8 Å². The minimum Gasteiger partial charge on any atom is -0.349 e. The van der Waals surface area contributed by atoms with E-state index >= 15 is 0 Å². The van der Waals surface area contributed by atoms with E-state index in [9.17, 15) is 9.18 Å². The quantitative estimate of drug-likeness (QED) is 0.651. The van der Waals surface area contributed by atoms with Crippen molar-refractivity contribution in [3.8, 4) is 0 Å². The molecule has 1 aliphatic carbocycles. The topological polar surface area (TPSA) is 78.7 Å². The van der Waals surface area contributed by atoms with Crippen molar-refractivity contribution in [2.75, 3.05) is 11.4 Å². The normalized spacial score (nSPS) is 24.3. The van der Waals surface area contributed by atoms with Crippen molar-refractivity contribution in [2.24, 2.45) is 0 Å². The molecule has 1 saturated carbocycles. The van der Waals surface area contributed by atoms with E-state index in [2.05, 4.69) is 27.3 Å². The summed E-state index contributed by atoms with van der Waals surface area (Å²) in [5, 5.41) is 6.35. The van der Waals surface area contributed by atoms with Crippen LogP contribution in [0.1, 0.15) is 60.3 Å². The van der Waals surface area contributed by atoms with Crippen LogP contribution in [0.5, 0.6) is 0 Å². The maximum absolute atomic E-state index is 14.3. The second-order valence-electron chi connectivity index (χ2n) is 8.79. The maximum atomic E-state index is 14.3. The highest BCUT2D eigenvalue weighted by molar-refractivity contribution is 5.99. The molecule has 1 saturated heterocycles. The summed E-state index contributed by atoms with van der Waals surface area (Å²) in [4.78, 5) is 24.7. The van der Waals surface area contributed by atoms with Crippen LogP contribution in [0.2, 0.25) is 0 Å². The van der Waals surface area contributed by atoms with Crippen molar-refractivity contribution in [3.63, 3.8) is 0 Å². The molecule has 0 aromatic carbocycles. The third-order valence-corrected chi connectivity index (χ3v) is 6.61. The van der Waals surface area contributed by atoms with E-state index in [1.54, 1.807) is 16.8 Å². The number of nitrogens with one attached hydrogen (secondary N) is 1. The van der Waals surface area contributed by atoms with Crippen LogP contribution in [0.15, 0.2) is 30.7 Å². The fraction of sp³-hybridized carbons (Fsp3) is 0.455. The molecule has 0 radical (unpaired) electrons. The number of rotatable bonds is 1. The molecule has 0 unspecified atom stereocenters. The van der Waals surface area contributed by atoms with Crippen molar-refractivity contribution >= 4 is 17.4 Å². The van der Waals surface area contributed by atoms with Gasteiger partial charge in [0.15, 0.2) is 5.65 Å². The minimum absolute atomic E-state index is 0.00510. The standard InChI is InChI=1S/C22H24FN7O/c1-13-9-18-16(10-14(23)11-24-18)19-3-2-7-28(19)20-6-8-29-21(26-20)17(12-25-29)22(31)27-30(13)15-4-5-15/h6,8,10-13,15,19H,2-5,7,9H2,1H3,(H,27,31)/t13-,19-/m1/s1. The first kappa shape index (κ1) is 18.7. The van der Waals surface area contributed by atoms with E-state index in [4.69, 9.17) is 4.98 Å². The summed E-state index contributed by atoms with van der Waals surface area (Å²) in [6, 6.07) is 3.86. The number of pyridine rings is 1. The van der Waals surface area contributed by atoms with Gasteiger partial charge in [0, 0.05) is 36.9 Å². The number of aromatic nitrogens is 4. The number of halogens is 1. The van der Waals surface area contributed by atoms with Crippen LogP contribution in [-0.2, 0) is 6.42 Å². The van der Waals surface area contributed by atoms with Crippen LogP contribution < -0.4 is 10.3 Å². The molecule has 160 valence electrons. The first-order valence-corrected chi connectivity index (χ1v) is 10.9. The van der Waals surface area contributed by atoms with Crippen LogP contribution in [0.3, 0.4) is 0 Å². The number of carbonyl (C=O) groups excluding carboxylic acids is 1. The van der Waals surface area contributed by atoms with Gasteiger partial charge in [-0.15, -0.1) is 0 Å². The van der Waals surface area contributed by atoms with E-state index < -0.39 is 0 Å². The van der Waals surface area contributed by atoms with Gasteiger partial charge in [0.1, 0.15) is 17.2 Å². The molecule has 9 heteroatoms.